The number of halogens is 2. The van der Waals surface area contributed by atoms with E-state index in [4.69, 9.17) is 5.26 Å². The number of fused-ring (bicyclic) bond motifs is 1. The number of benzene rings is 2. The molecule has 1 aliphatic heterocycles. The molecule has 2 aromatic rings. The van der Waals surface area contributed by atoms with Crippen LogP contribution in [0.15, 0.2) is 48.5 Å². The molecule has 1 atom stereocenters. The lowest BCUT2D eigenvalue weighted by Gasteiger charge is -2.31. The Labute approximate surface area is 163 Å². The molecule has 1 heterocycles. The highest BCUT2D eigenvalue weighted by Crippen LogP contribution is 2.23. The van der Waals surface area contributed by atoms with Gasteiger partial charge in [-0.1, -0.05) is 48.5 Å². The van der Waals surface area contributed by atoms with Gasteiger partial charge >= 0.3 is 6.03 Å². The maximum Gasteiger partial charge on any atom is 0.318 e. The van der Waals surface area contributed by atoms with E-state index in [1.807, 2.05) is 48.5 Å². The molecule has 0 saturated heterocycles. The minimum Gasteiger partial charge on any atom is -0.329 e. The molecule has 0 fully saturated rings. The van der Waals surface area contributed by atoms with Gasteiger partial charge in [-0.25, -0.2) is 13.6 Å². The zero-order chi connectivity index (χ0) is 19.9. The number of hydrogen-bond acceptors (Lipinski definition) is 2. The van der Waals surface area contributed by atoms with E-state index in [2.05, 4.69) is 11.4 Å². The largest absolute Gasteiger partial charge is 0.329 e. The highest BCUT2D eigenvalue weighted by atomic mass is 19.3. The Hall–Kier alpha value is -2.94. The van der Waals surface area contributed by atoms with Crippen LogP contribution in [0.3, 0.4) is 0 Å². The number of urea groups is 1. The van der Waals surface area contributed by atoms with E-state index in [-0.39, 0.29) is 6.42 Å². The van der Waals surface area contributed by atoms with Gasteiger partial charge in [-0.2, -0.15) is 5.26 Å². The lowest BCUT2D eigenvalue weighted by atomic mass is 9.93. The first-order valence-electron chi connectivity index (χ1n) is 9.42. The van der Waals surface area contributed by atoms with Crippen molar-refractivity contribution in [2.24, 2.45) is 0 Å². The number of rotatable bonds is 6. The second-order valence-corrected chi connectivity index (χ2v) is 6.98. The van der Waals surface area contributed by atoms with Crippen molar-refractivity contribution in [1.29, 1.82) is 5.26 Å². The molecular formula is C22H23F2N3O. The number of nitriles is 1. The van der Waals surface area contributed by atoms with E-state index in [1.54, 1.807) is 4.90 Å². The Bertz CT molecular complexity index is 849. The van der Waals surface area contributed by atoms with Gasteiger partial charge in [0.25, 0.3) is 6.43 Å². The van der Waals surface area contributed by atoms with Crippen molar-refractivity contribution < 1.29 is 13.6 Å². The van der Waals surface area contributed by atoms with Gasteiger partial charge in [0.15, 0.2) is 0 Å². The third kappa shape index (κ3) is 4.86. The lowest BCUT2D eigenvalue weighted by Crippen LogP contribution is -2.49. The quantitative estimate of drug-likeness (QED) is 0.817. The fourth-order valence-electron chi connectivity index (χ4n) is 3.59. The highest BCUT2D eigenvalue weighted by molar-refractivity contribution is 5.75. The Balaban J connectivity index is 1.61. The molecule has 0 radical (unpaired) electrons. The van der Waals surface area contributed by atoms with Gasteiger partial charge in [-0.05, 0) is 41.5 Å². The number of carbonyl (C=O) groups excluding carboxylic acids is 1. The van der Waals surface area contributed by atoms with Gasteiger partial charge in [0.2, 0.25) is 0 Å². The van der Waals surface area contributed by atoms with E-state index >= 15 is 0 Å². The number of carbonyl (C=O) groups is 1. The van der Waals surface area contributed by atoms with Crippen molar-refractivity contribution in [3.05, 3.63) is 70.8 Å². The van der Waals surface area contributed by atoms with Gasteiger partial charge in [-0.3, -0.25) is 0 Å². The van der Waals surface area contributed by atoms with E-state index in [0.717, 1.165) is 22.3 Å². The molecule has 1 aliphatic rings. The minimum absolute atomic E-state index is 0.185. The molecule has 0 aromatic heterocycles. The van der Waals surface area contributed by atoms with Crippen LogP contribution >= 0.6 is 0 Å². The normalized spacial score (nSPS) is 14.3. The Morgan fingerprint density at radius 2 is 1.96 bits per heavy atom. The average molecular weight is 383 g/mol. The van der Waals surface area contributed by atoms with Crippen LogP contribution in [0.2, 0.25) is 0 Å². The summed E-state index contributed by atoms with van der Waals surface area (Å²) < 4.78 is 26.9. The number of nitrogens with zero attached hydrogens (tertiary/aromatic N) is 2. The molecule has 6 heteroatoms. The summed E-state index contributed by atoms with van der Waals surface area (Å²) in [7, 11) is 0. The molecule has 0 saturated carbocycles. The molecule has 0 spiro atoms. The van der Waals surface area contributed by atoms with E-state index in [9.17, 15) is 13.6 Å². The second kappa shape index (κ2) is 9.32. The monoisotopic (exact) mass is 383 g/mol. The van der Waals surface area contributed by atoms with Gasteiger partial charge in [0.1, 0.15) is 0 Å². The molecule has 0 aliphatic carbocycles. The van der Waals surface area contributed by atoms with Crippen molar-refractivity contribution in [1.82, 2.24) is 10.2 Å². The fraction of sp³-hybridized carbons (Fsp3) is 0.364. The van der Waals surface area contributed by atoms with Crippen molar-refractivity contribution in [3.8, 4) is 6.07 Å². The SMILES string of the molecule is N#CCc1cccc2c1CCN(C(=O)NC(CCc1ccccc1)C(F)F)C2. The van der Waals surface area contributed by atoms with Crippen molar-refractivity contribution in [2.45, 2.75) is 44.7 Å². The lowest BCUT2D eigenvalue weighted by molar-refractivity contribution is 0.0918. The number of nitrogens with one attached hydrogen (secondary N) is 1. The summed E-state index contributed by atoms with van der Waals surface area (Å²) in [4.78, 5) is 14.1. The molecule has 1 N–H and O–H groups in total. The summed E-state index contributed by atoms with van der Waals surface area (Å²) in [5, 5.41) is 11.5. The summed E-state index contributed by atoms with van der Waals surface area (Å²) in [5.74, 6) is 0. The number of amides is 2. The average Bonchev–Trinajstić information content (AvgIpc) is 2.71. The maximum atomic E-state index is 13.4. The van der Waals surface area contributed by atoms with Crippen LogP contribution in [0.4, 0.5) is 13.6 Å². The van der Waals surface area contributed by atoms with Crippen molar-refractivity contribution >= 4 is 6.03 Å². The van der Waals surface area contributed by atoms with Crippen LogP contribution in [0.1, 0.15) is 28.7 Å². The van der Waals surface area contributed by atoms with Gasteiger partial charge in [0, 0.05) is 13.1 Å². The maximum absolute atomic E-state index is 13.4. The summed E-state index contributed by atoms with van der Waals surface area (Å²) in [6.45, 7) is 0.824. The summed E-state index contributed by atoms with van der Waals surface area (Å²) in [6.07, 6.45) is -0.987. The predicted molar refractivity (Wildman–Crippen MR) is 103 cm³/mol. The summed E-state index contributed by atoms with van der Waals surface area (Å²) in [6, 6.07) is 15.6. The number of aryl methyl sites for hydroxylation is 1. The first-order valence-corrected chi connectivity index (χ1v) is 9.42. The Kier molecular flexibility index (Phi) is 6.59. The van der Waals surface area contributed by atoms with E-state index < -0.39 is 18.5 Å². The Morgan fingerprint density at radius 3 is 2.68 bits per heavy atom. The Morgan fingerprint density at radius 1 is 1.18 bits per heavy atom. The van der Waals surface area contributed by atoms with Crippen LogP contribution < -0.4 is 5.32 Å². The van der Waals surface area contributed by atoms with Gasteiger partial charge in [0.05, 0.1) is 18.5 Å². The van der Waals surface area contributed by atoms with Gasteiger partial charge in [-0.15, -0.1) is 0 Å². The van der Waals surface area contributed by atoms with E-state index in [1.165, 1.54) is 0 Å². The summed E-state index contributed by atoms with van der Waals surface area (Å²) in [5.41, 5.74) is 4.03. The fourth-order valence-corrected chi connectivity index (χ4v) is 3.59. The van der Waals surface area contributed by atoms with Crippen molar-refractivity contribution in [2.75, 3.05) is 6.54 Å². The van der Waals surface area contributed by atoms with Crippen molar-refractivity contribution in [3.63, 3.8) is 0 Å². The van der Waals surface area contributed by atoms with Crippen LogP contribution in [0, 0.1) is 11.3 Å². The first kappa shape index (κ1) is 19.8. The number of alkyl halides is 2. The third-order valence-corrected chi connectivity index (χ3v) is 5.12. The van der Waals surface area contributed by atoms with Crippen LogP contribution in [0.25, 0.3) is 0 Å². The van der Waals surface area contributed by atoms with E-state index in [0.29, 0.717) is 32.4 Å². The third-order valence-electron chi connectivity index (χ3n) is 5.12. The topological polar surface area (TPSA) is 56.1 Å². The smallest absolute Gasteiger partial charge is 0.318 e. The molecule has 4 nitrogen and oxygen atoms in total. The minimum atomic E-state index is -2.62. The standard InChI is InChI=1S/C22H23F2N3O/c23-21(24)20(10-9-16-5-2-1-3-6-16)26-22(28)27-14-12-19-17(11-13-25)7-4-8-18(19)15-27/h1-8,20-21H,9-12,14-15H2,(H,26,28). The molecule has 28 heavy (non-hydrogen) atoms. The molecule has 0 bridgehead atoms. The number of hydrogen-bond donors (Lipinski definition) is 1. The molecule has 3 rings (SSSR count). The first-order chi connectivity index (χ1) is 13.6. The molecule has 2 amide bonds. The van der Waals surface area contributed by atoms with Crippen LogP contribution in [0.5, 0.6) is 0 Å². The predicted octanol–water partition coefficient (Wildman–Crippen LogP) is 4.09. The zero-order valence-corrected chi connectivity index (χ0v) is 15.6. The zero-order valence-electron chi connectivity index (χ0n) is 15.6. The molecule has 146 valence electrons. The van der Waals surface area contributed by atoms with Gasteiger partial charge < -0.3 is 10.2 Å². The molecular weight excluding hydrogens is 360 g/mol. The second-order valence-electron chi connectivity index (χ2n) is 6.98. The van der Waals surface area contributed by atoms with Crippen LogP contribution in [-0.4, -0.2) is 29.9 Å². The molecule has 1 unspecified atom stereocenters. The van der Waals surface area contributed by atoms with Crippen LogP contribution in [-0.2, 0) is 25.8 Å². The highest BCUT2D eigenvalue weighted by Gasteiger charge is 2.27. The summed E-state index contributed by atoms with van der Waals surface area (Å²) >= 11 is 0. The molecule has 2 aromatic carbocycles.